The third-order valence-corrected chi connectivity index (χ3v) is 7.41. The van der Waals surface area contributed by atoms with Crippen LogP contribution in [0.2, 0.25) is 0 Å². The van der Waals surface area contributed by atoms with Gasteiger partial charge in [-0.15, -0.1) is 11.3 Å². The van der Waals surface area contributed by atoms with Gasteiger partial charge in [0.1, 0.15) is 5.75 Å². The number of hydrogen-bond donors (Lipinski definition) is 1. The molecule has 1 amide bonds. The lowest BCUT2D eigenvalue weighted by Gasteiger charge is -2.25. The molecule has 1 aliphatic heterocycles. The largest absolute Gasteiger partial charge is 0.497 e. The number of thiazole rings is 1. The van der Waals surface area contributed by atoms with E-state index < -0.39 is 10.0 Å². The lowest BCUT2D eigenvalue weighted by atomic mass is 10.2. The van der Waals surface area contributed by atoms with Crippen molar-refractivity contribution in [1.82, 2.24) is 14.3 Å². The molecule has 8 nitrogen and oxygen atoms in total. The van der Waals surface area contributed by atoms with Crippen molar-refractivity contribution in [3.05, 3.63) is 64.9 Å². The fourth-order valence-electron chi connectivity index (χ4n) is 3.00. The highest BCUT2D eigenvalue weighted by atomic mass is 32.2. The number of benzene rings is 1. The Hall–Kier alpha value is -2.82. The Kier molecular flexibility index (Phi) is 5.31. The Bertz CT molecular complexity index is 1130. The second-order valence-corrected chi connectivity index (χ2v) is 9.36. The summed E-state index contributed by atoms with van der Waals surface area (Å²) in [5.41, 5.74) is 1.30. The monoisotopic (exact) mass is 430 g/mol. The minimum atomic E-state index is -3.62. The summed E-state index contributed by atoms with van der Waals surface area (Å²) in [6, 6.07) is 9.56. The molecule has 3 heterocycles. The maximum absolute atomic E-state index is 13.0. The number of ether oxygens (including phenoxy) is 1. The van der Waals surface area contributed by atoms with Crippen molar-refractivity contribution in [2.45, 2.75) is 17.9 Å². The summed E-state index contributed by atoms with van der Waals surface area (Å²) in [5.74, 6) is 0.322. The van der Waals surface area contributed by atoms with E-state index in [1.54, 1.807) is 36.7 Å². The van der Waals surface area contributed by atoms with Crippen LogP contribution in [-0.4, -0.2) is 42.3 Å². The molecule has 10 heteroatoms. The zero-order valence-corrected chi connectivity index (χ0v) is 17.2. The summed E-state index contributed by atoms with van der Waals surface area (Å²) in [6.07, 6.45) is 3.58. The van der Waals surface area contributed by atoms with Crippen LogP contribution in [0.1, 0.15) is 20.9 Å². The quantitative estimate of drug-likeness (QED) is 0.668. The van der Waals surface area contributed by atoms with Crippen molar-refractivity contribution in [2.24, 2.45) is 0 Å². The first-order valence-electron chi connectivity index (χ1n) is 8.81. The summed E-state index contributed by atoms with van der Waals surface area (Å²) in [6.45, 7) is 0.565. The fourth-order valence-corrected chi connectivity index (χ4v) is 5.51. The van der Waals surface area contributed by atoms with Gasteiger partial charge in [0, 0.05) is 35.8 Å². The molecule has 0 unspecified atom stereocenters. The van der Waals surface area contributed by atoms with Gasteiger partial charge in [-0.1, -0.05) is 0 Å². The fraction of sp³-hybridized carbons (Fsp3) is 0.211. The molecule has 0 spiro atoms. The molecule has 1 aromatic carbocycles. The topological polar surface area (TPSA) is 101 Å². The summed E-state index contributed by atoms with van der Waals surface area (Å²) >= 11 is 1.29. The molecule has 0 atom stereocenters. The zero-order valence-electron chi connectivity index (χ0n) is 15.5. The summed E-state index contributed by atoms with van der Waals surface area (Å²) in [5, 5.41) is 3.23. The normalized spacial score (nSPS) is 14.2. The van der Waals surface area contributed by atoms with E-state index in [-0.39, 0.29) is 17.3 Å². The maximum Gasteiger partial charge on any atom is 0.257 e. The number of nitrogens with zero attached hydrogens (tertiary/aromatic N) is 3. The van der Waals surface area contributed by atoms with E-state index >= 15 is 0 Å². The minimum Gasteiger partial charge on any atom is -0.497 e. The van der Waals surface area contributed by atoms with Crippen LogP contribution in [-0.2, 0) is 23.0 Å². The minimum absolute atomic E-state index is 0.220. The number of anilines is 1. The summed E-state index contributed by atoms with van der Waals surface area (Å²) in [7, 11) is -2.09. The Labute approximate surface area is 172 Å². The van der Waals surface area contributed by atoms with E-state index in [9.17, 15) is 13.2 Å². The Balaban J connectivity index is 1.50. The van der Waals surface area contributed by atoms with Crippen LogP contribution >= 0.6 is 11.3 Å². The third-order valence-electron chi connectivity index (χ3n) is 4.56. The molecule has 3 aromatic rings. The van der Waals surface area contributed by atoms with Gasteiger partial charge in [-0.2, -0.15) is 4.31 Å². The van der Waals surface area contributed by atoms with Crippen molar-refractivity contribution >= 4 is 32.4 Å². The van der Waals surface area contributed by atoms with Crippen molar-refractivity contribution < 1.29 is 17.9 Å². The molecule has 0 aliphatic carbocycles. The van der Waals surface area contributed by atoms with E-state index in [1.807, 2.05) is 0 Å². The summed E-state index contributed by atoms with van der Waals surface area (Å²) < 4.78 is 32.4. The number of fused-ring (bicyclic) bond motifs is 1. The number of carbonyl (C=O) groups is 1. The van der Waals surface area contributed by atoms with Gasteiger partial charge >= 0.3 is 0 Å². The van der Waals surface area contributed by atoms with Crippen molar-refractivity contribution in [2.75, 3.05) is 19.0 Å². The molecule has 1 aliphatic rings. The van der Waals surface area contributed by atoms with Gasteiger partial charge in [0.05, 0.1) is 24.2 Å². The smallest absolute Gasteiger partial charge is 0.257 e. The van der Waals surface area contributed by atoms with Gasteiger partial charge in [0.15, 0.2) is 5.13 Å². The first-order valence-corrected chi connectivity index (χ1v) is 11.1. The molecule has 0 saturated heterocycles. The lowest BCUT2D eigenvalue weighted by molar-refractivity contribution is 0.102. The number of methoxy groups -OCH3 is 1. The molecule has 0 saturated carbocycles. The molecule has 0 bridgehead atoms. The van der Waals surface area contributed by atoms with Gasteiger partial charge < -0.3 is 4.74 Å². The van der Waals surface area contributed by atoms with Gasteiger partial charge in [-0.3, -0.25) is 15.1 Å². The van der Waals surface area contributed by atoms with Gasteiger partial charge in [0.25, 0.3) is 5.91 Å². The van der Waals surface area contributed by atoms with Crippen LogP contribution < -0.4 is 10.1 Å². The number of nitrogens with one attached hydrogen (secondary N) is 1. The Morgan fingerprint density at radius 3 is 2.59 bits per heavy atom. The molecule has 1 N–H and O–H groups in total. The van der Waals surface area contributed by atoms with Crippen LogP contribution in [0.3, 0.4) is 0 Å². The zero-order chi connectivity index (χ0) is 20.4. The van der Waals surface area contributed by atoms with Crippen molar-refractivity contribution in [3.8, 4) is 5.75 Å². The van der Waals surface area contributed by atoms with Gasteiger partial charge in [0.2, 0.25) is 10.0 Å². The molecule has 0 radical (unpaired) electrons. The summed E-state index contributed by atoms with van der Waals surface area (Å²) in [4.78, 5) is 21.7. The standard InChI is InChI=1S/C19H18N4O4S2/c1-27-14-2-4-15(5-3-14)29(25,26)23-11-8-16-17(12-23)28-19(21-16)22-18(24)13-6-9-20-10-7-13/h2-7,9-10H,8,11-12H2,1H3,(H,21,22,24). The highest BCUT2D eigenvalue weighted by Crippen LogP contribution is 2.31. The van der Waals surface area contributed by atoms with E-state index in [1.165, 1.54) is 34.9 Å². The molecular formula is C19H18N4O4S2. The predicted molar refractivity (Wildman–Crippen MR) is 109 cm³/mol. The van der Waals surface area contributed by atoms with Crippen LogP contribution in [0.25, 0.3) is 0 Å². The molecule has 4 rings (SSSR count). The van der Waals surface area contributed by atoms with Crippen LogP contribution in [0.4, 0.5) is 5.13 Å². The highest BCUT2D eigenvalue weighted by molar-refractivity contribution is 7.89. The van der Waals surface area contributed by atoms with E-state index in [0.717, 1.165) is 10.6 Å². The maximum atomic E-state index is 13.0. The second-order valence-electron chi connectivity index (χ2n) is 6.34. The SMILES string of the molecule is COc1ccc(S(=O)(=O)N2CCc3nc(NC(=O)c4ccncc4)sc3C2)cc1. The third kappa shape index (κ3) is 4.00. The van der Waals surface area contributed by atoms with Gasteiger partial charge in [-0.05, 0) is 36.4 Å². The highest BCUT2D eigenvalue weighted by Gasteiger charge is 2.30. The first kappa shape index (κ1) is 19.5. The first-order chi connectivity index (χ1) is 14.0. The van der Waals surface area contributed by atoms with E-state index in [0.29, 0.717) is 29.4 Å². The Morgan fingerprint density at radius 1 is 1.17 bits per heavy atom. The molecular weight excluding hydrogens is 412 g/mol. The molecule has 150 valence electrons. The number of sulfonamides is 1. The van der Waals surface area contributed by atoms with Crippen LogP contribution in [0.15, 0.2) is 53.7 Å². The van der Waals surface area contributed by atoms with Crippen molar-refractivity contribution in [3.63, 3.8) is 0 Å². The predicted octanol–water partition coefficient (Wildman–Crippen LogP) is 2.55. The molecule has 29 heavy (non-hydrogen) atoms. The van der Waals surface area contributed by atoms with Crippen LogP contribution in [0.5, 0.6) is 5.75 Å². The Morgan fingerprint density at radius 2 is 1.90 bits per heavy atom. The molecule has 0 fully saturated rings. The van der Waals surface area contributed by atoms with E-state index in [4.69, 9.17) is 4.74 Å². The number of aromatic nitrogens is 2. The van der Waals surface area contributed by atoms with Gasteiger partial charge in [-0.25, -0.2) is 13.4 Å². The average molecular weight is 431 g/mol. The number of pyridine rings is 1. The average Bonchev–Trinajstić information content (AvgIpc) is 3.15. The molecule has 2 aromatic heterocycles. The lowest BCUT2D eigenvalue weighted by Crippen LogP contribution is -2.35. The number of rotatable bonds is 5. The number of amides is 1. The van der Waals surface area contributed by atoms with Crippen molar-refractivity contribution in [1.29, 1.82) is 0 Å². The van der Waals surface area contributed by atoms with Crippen LogP contribution in [0, 0.1) is 0 Å². The van der Waals surface area contributed by atoms with E-state index in [2.05, 4.69) is 15.3 Å². The number of hydrogen-bond acceptors (Lipinski definition) is 7. The number of carbonyl (C=O) groups excluding carboxylic acids is 1. The second kappa shape index (κ2) is 7.90.